The maximum atomic E-state index is 11.7. The number of rotatable bonds is 10. The second kappa shape index (κ2) is 12.5. The second-order valence-electron chi connectivity index (χ2n) is 6.00. The van der Waals surface area contributed by atoms with Crippen LogP contribution in [0.1, 0.15) is 18.1 Å². The average molecular weight is 434 g/mol. The summed E-state index contributed by atoms with van der Waals surface area (Å²) in [5.74, 6) is -0.537. The first-order valence-corrected chi connectivity index (χ1v) is 9.65. The Bertz CT molecular complexity index is 871. The van der Waals surface area contributed by atoms with Crippen molar-refractivity contribution in [3.05, 3.63) is 58.6 Å². The minimum absolute atomic E-state index is 0.238. The van der Waals surface area contributed by atoms with Gasteiger partial charge in [-0.3, -0.25) is 9.59 Å². The summed E-state index contributed by atoms with van der Waals surface area (Å²) in [4.78, 5) is 23.2. The Balaban J connectivity index is 1.96. The average Bonchev–Trinajstić information content (AvgIpc) is 2.74. The van der Waals surface area contributed by atoms with E-state index in [0.29, 0.717) is 41.9 Å². The molecular weight excluding hydrogens is 410 g/mol. The number of ether oxygens (including phenoxy) is 3. The summed E-state index contributed by atoms with van der Waals surface area (Å²) in [6, 6.07) is 12.6. The van der Waals surface area contributed by atoms with Crippen molar-refractivity contribution >= 4 is 29.6 Å². The lowest BCUT2D eigenvalue weighted by atomic mass is 10.2. The van der Waals surface area contributed by atoms with Gasteiger partial charge in [-0.1, -0.05) is 23.7 Å². The highest BCUT2D eigenvalue weighted by Gasteiger charge is 2.11. The lowest BCUT2D eigenvalue weighted by molar-refractivity contribution is -0.139. The minimum Gasteiger partial charge on any atom is -0.490 e. The Morgan fingerprint density at radius 3 is 2.53 bits per heavy atom. The highest BCUT2D eigenvalue weighted by atomic mass is 35.5. The molecule has 0 aromatic heterocycles. The van der Waals surface area contributed by atoms with Crippen LogP contribution in [0.5, 0.6) is 11.5 Å². The summed E-state index contributed by atoms with van der Waals surface area (Å²) in [5.41, 5.74) is 3.81. The van der Waals surface area contributed by atoms with Crippen LogP contribution in [0.25, 0.3) is 0 Å². The van der Waals surface area contributed by atoms with Crippen LogP contribution in [0.15, 0.2) is 47.6 Å². The molecule has 2 N–H and O–H groups in total. The van der Waals surface area contributed by atoms with Crippen molar-refractivity contribution in [1.82, 2.24) is 10.7 Å². The standard InChI is InChI=1S/C21H24ClN3O5/c1-3-29-19-12-16(13-24-25-21(27)20(26)23-10-11-28-2)6-9-18(19)30-14-15-4-7-17(22)8-5-15/h4-9,12-13H,3,10-11,14H2,1-2H3,(H,23,26)(H,25,27)/b24-13-. The first-order valence-electron chi connectivity index (χ1n) is 9.27. The van der Waals surface area contributed by atoms with Gasteiger partial charge in [0, 0.05) is 18.7 Å². The van der Waals surface area contributed by atoms with Gasteiger partial charge in [-0.25, -0.2) is 5.43 Å². The van der Waals surface area contributed by atoms with Crippen LogP contribution in [0.3, 0.4) is 0 Å². The maximum Gasteiger partial charge on any atom is 0.329 e. The molecule has 2 aromatic carbocycles. The zero-order valence-electron chi connectivity index (χ0n) is 16.8. The lowest BCUT2D eigenvalue weighted by Gasteiger charge is -2.12. The molecular formula is C21H24ClN3O5. The maximum absolute atomic E-state index is 11.7. The van der Waals surface area contributed by atoms with Crippen LogP contribution < -0.4 is 20.2 Å². The van der Waals surface area contributed by atoms with E-state index >= 15 is 0 Å². The number of hydrogen-bond acceptors (Lipinski definition) is 6. The number of nitrogens with zero attached hydrogens (tertiary/aromatic N) is 1. The summed E-state index contributed by atoms with van der Waals surface area (Å²) >= 11 is 5.89. The zero-order chi connectivity index (χ0) is 21.8. The molecule has 0 aliphatic rings. The van der Waals surface area contributed by atoms with Gasteiger partial charge in [0.2, 0.25) is 0 Å². The zero-order valence-corrected chi connectivity index (χ0v) is 17.6. The molecule has 160 valence electrons. The molecule has 2 rings (SSSR count). The number of hydrogen-bond donors (Lipinski definition) is 2. The van der Waals surface area contributed by atoms with Gasteiger partial charge in [0.05, 0.1) is 19.4 Å². The summed E-state index contributed by atoms with van der Waals surface area (Å²) in [6.07, 6.45) is 1.41. The molecule has 0 saturated carbocycles. The van der Waals surface area contributed by atoms with Crippen molar-refractivity contribution in [3.63, 3.8) is 0 Å². The molecule has 0 bridgehead atoms. The molecule has 0 atom stereocenters. The van der Waals surface area contributed by atoms with Crippen molar-refractivity contribution < 1.29 is 23.8 Å². The Hall–Kier alpha value is -3.10. The monoisotopic (exact) mass is 433 g/mol. The molecule has 9 heteroatoms. The number of halogens is 1. The molecule has 0 aliphatic carbocycles. The van der Waals surface area contributed by atoms with Crippen molar-refractivity contribution in [1.29, 1.82) is 0 Å². The minimum atomic E-state index is -0.865. The van der Waals surface area contributed by atoms with Crippen molar-refractivity contribution in [2.45, 2.75) is 13.5 Å². The first-order chi connectivity index (χ1) is 14.5. The van der Waals surface area contributed by atoms with E-state index in [1.807, 2.05) is 19.1 Å². The Morgan fingerprint density at radius 2 is 1.83 bits per heavy atom. The summed E-state index contributed by atoms with van der Waals surface area (Å²) in [6.45, 7) is 3.23. The van der Waals surface area contributed by atoms with Gasteiger partial charge in [0.1, 0.15) is 6.61 Å². The van der Waals surface area contributed by atoms with Crippen LogP contribution in [0, 0.1) is 0 Å². The van der Waals surface area contributed by atoms with Gasteiger partial charge in [-0.05, 0) is 48.4 Å². The van der Waals surface area contributed by atoms with Gasteiger partial charge in [0.15, 0.2) is 11.5 Å². The van der Waals surface area contributed by atoms with Crippen LogP contribution in [-0.4, -0.2) is 44.9 Å². The van der Waals surface area contributed by atoms with Crippen LogP contribution in [0.4, 0.5) is 0 Å². The molecule has 0 fully saturated rings. The molecule has 0 aliphatic heterocycles. The smallest absolute Gasteiger partial charge is 0.329 e. The fourth-order valence-electron chi connectivity index (χ4n) is 2.30. The van der Waals surface area contributed by atoms with Gasteiger partial charge < -0.3 is 19.5 Å². The fourth-order valence-corrected chi connectivity index (χ4v) is 2.42. The van der Waals surface area contributed by atoms with Crippen molar-refractivity contribution in [2.24, 2.45) is 5.10 Å². The third kappa shape index (κ3) is 7.73. The lowest BCUT2D eigenvalue weighted by Crippen LogP contribution is -2.39. The third-order valence-electron chi connectivity index (χ3n) is 3.75. The Labute approximate surface area is 180 Å². The van der Waals surface area contributed by atoms with E-state index in [1.165, 1.54) is 13.3 Å². The van der Waals surface area contributed by atoms with Gasteiger partial charge in [0.25, 0.3) is 0 Å². The fraction of sp³-hybridized carbons (Fsp3) is 0.286. The van der Waals surface area contributed by atoms with Crippen LogP contribution >= 0.6 is 11.6 Å². The number of methoxy groups -OCH3 is 1. The van der Waals surface area contributed by atoms with E-state index < -0.39 is 11.8 Å². The van der Waals surface area contributed by atoms with Gasteiger partial charge in [-0.15, -0.1) is 0 Å². The van der Waals surface area contributed by atoms with Crippen molar-refractivity contribution in [2.75, 3.05) is 26.9 Å². The summed E-state index contributed by atoms with van der Waals surface area (Å²) in [7, 11) is 1.50. The van der Waals surface area contributed by atoms with E-state index in [1.54, 1.807) is 30.3 Å². The molecule has 2 amide bonds. The molecule has 0 saturated heterocycles. The molecule has 0 spiro atoms. The van der Waals surface area contributed by atoms with Gasteiger partial charge in [-0.2, -0.15) is 5.10 Å². The van der Waals surface area contributed by atoms with E-state index in [4.69, 9.17) is 25.8 Å². The quantitative estimate of drug-likeness (QED) is 0.260. The summed E-state index contributed by atoms with van der Waals surface area (Å²) < 4.78 is 16.3. The molecule has 2 aromatic rings. The largest absolute Gasteiger partial charge is 0.490 e. The Morgan fingerprint density at radius 1 is 1.07 bits per heavy atom. The molecule has 0 heterocycles. The highest BCUT2D eigenvalue weighted by molar-refractivity contribution is 6.35. The highest BCUT2D eigenvalue weighted by Crippen LogP contribution is 2.29. The van der Waals surface area contributed by atoms with E-state index in [-0.39, 0.29) is 6.54 Å². The number of benzene rings is 2. The topological polar surface area (TPSA) is 98.2 Å². The molecule has 8 nitrogen and oxygen atoms in total. The molecule has 0 unspecified atom stereocenters. The molecule has 30 heavy (non-hydrogen) atoms. The van der Waals surface area contributed by atoms with E-state index in [2.05, 4.69) is 15.8 Å². The predicted octanol–water partition coefficient (Wildman–Crippen LogP) is 2.53. The number of amides is 2. The Kier molecular flexibility index (Phi) is 9.63. The first kappa shape index (κ1) is 23.2. The van der Waals surface area contributed by atoms with E-state index in [9.17, 15) is 9.59 Å². The predicted molar refractivity (Wildman–Crippen MR) is 114 cm³/mol. The SMILES string of the molecule is CCOc1cc(/C=N\NC(=O)C(=O)NCCOC)ccc1OCc1ccc(Cl)cc1. The normalized spacial score (nSPS) is 10.6. The van der Waals surface area contributed by atoms with Crippen LogP contribution in [-0.2, 0) is 20.9 Å². The van der Waals surface area contributed by atoms with Crippen LogP contribution in [0.2, 0.25) is 5.02 Å². The second-order valence-corrected chi connectivity index (χ2v) is 6.44. The molecule has 0 radical (unpaired) electrons. The van der Waals surface area contributed by atoms with Gasteiger partial charge >= 0.3 is 11.8 Å². The third-order valence-corrected chi connectivity index (χ3v) is 4.00. The number of carbonyl (C=O) groups is 2. The number of hydrazone groups is 1. The number of nitrogens with one attached hydrogen (secondary N) is 2. The van der Waals surface area contributed by atoms with Crippen molar-refractivity contribution in [3.8, 4) is 11.5 Å². The number of carbonyl (C=O) groups excluding carboxylic acids is 2. The summed E-state index contributed by atoms with van der Waals surface area (Å²) in [5, 5.41) is 6.86. The van der Waals surface area contributed by atoms with E-state index in [0.717, 1.165) is 5.56 Å².